The summed E-state index contributed by atoms with van der Waals surface area (Å²) in [5.41, 5.74) is 2.66. The first-order valence-corrected chi connectivity index (χ1v) is 8.83. The third-order valence-electron chi connectivity index (χ3n) is 3.99. The Balaban J connectivity index is 0.00000529. The summed E-state index contributed by atoms with van der Waals surface area (Å²) in [4.78, 5) is 6.71. The molecule has 0 radical (unpaired) electrons. The smallest absolute Gasteiger partial charge is 0.191 e. The van der Waals surface area contributed by atoms with Crippen LogP contribution in [0.5, 0.6) is 0 Å². The number of guanidine groups is 1. The van der Waals surface area contributed by atoms with E-state index in [2.05, 4.69) is 72.5 Å². The molecule has 1 rings (SSSR count). The first-order chi connectivity index (χ1) is 11.1. The highest BCUT2D eigenvalue weighted by Gasteiger charge is 2.03. The van der Waals surface area contributed by atoms with E-state index in [9.17, 15) is 0 Å². The summed E-state index contributed by atoms with van der Waals surface area (Å²) in [5.74, 6) is 1.58. The average molecular weight is 446 g/mol. The van der Waals surface area contributed by atoms with Gasteiger partial charge in [-0.15, -0.1) is 24.0 Å². The lowest BCUT2D eigenvalue weighted by atomic mass is 10.1. The fourth-order valence-electron chi connectivity index (χ4n) is 2.43. The molecule has 0 aliphatic rings. The normalized spacial score (nSPS) is 11.5. The lowest BCUT2D eigenvalue weighted by Gasteiger charge is -2.18. The van der Waals surface area contributed by atoms with Crippen molar-refractivity contribution in [2.75, 3.05) is 26.7 Å². The van der Waals surface area contributed by atoms with Crippen LogP contribution in [0.1, 0.15) is 45.2 Å². The molecular formula is C19H35IN4. The van der Waals surface area contributed by atoms with Gasteiger partial charge < -0.3 is 10.6 Å². The molecule has 0 unspecified atom stereocenters. The summed E-state index contributed by atoms with van der Waals surface area (Å²) in [5, 5.41) is 6.76. The Morgan fingerprint density at radius 2 is 1.79 bits per heavy atom. The van der Waals surface area contributed by atoms with Crippen LogP contribution >= 0.6 is 24.0 Å². The molecule has 0 saturated heterocycles. The molecule has 0 atom stereocenters. The molecule has 24 heavy (non-hydrogen) atoms. The Hall–Kier alpha value is -0.820. The zero-order valence-corrected chi connectivity index (χ0v) is 18.3. The molecule has 0 saturated carbocycles. The average Bonchev–Trinajstić information content (AvgIpc) is 2.55. The van der Waals surface area contributed by atoms with Crippen LogP contribution in [0.25, 0.3) is 0 Å². The van der Waals surface area contributed by atoms with E-state index in [1.807, 2.05) is 7.05 Å². The molecule has 5 heteroatoms. The van der Waals surface area contributed by atoms with Gasteiger partial charge >= 0.3 is 0 Å². The predicted molar refractivity (Wildman–Crippen MR) is 116 cm³/mol. The minimum absolute atomic E-state index is 0. The summed E-state index contributed by atoms with van der Waals surface area (Å²) in [7, 11) is 1.82. The molecule has 0 heterocycles. The molecule has 0 spiro atoms. The highest BCUT2D eigenvalue weighted by molar-refractivity contribution is 14.0. The van der Waals surface area contributed by atoms with E-state index in [0.29, 0.717) is 5.92 Å². The van der Waals surface area contributed by atoms with Gasteiger partial charge in [0.05, 0.1) is 0 Å². The number of nitrogens with zero attached hydrogens (tertiary/aromatic N) is 2. The number of halogens is 1. The Labute approximate surface area is 165 Å². The van der Waals surface area contributed by atoms with Gasteiger partial charge in [0.25, 0.3) is 0 Å². The zero-order valence-electron chi connectivity index (χ0n) is 15.9. The largest absolute Gasteiger partial charge is 0.356 e. The number of hydrogen-bond acceptors (Lipinski definition) is 2. The van der Waals surface area contributed by atoms with Gasteiger partial charge in [0.2, 0.25) is 0 Å². The van der Waals surface area contributed by atoms with Gasteiger partial charge in [0.1, 0.15) is 0 Å². The van der Waals surface area contributed by atoms with Crippen molar-refractivity contribution in [1.82, 2.24) is 15.5 Å². The summed E-state index contributed by atoms with van der Waals surface area (Å²) in [6, 6.07) is 8.80. The summed E-state index contributed by atoms with van der Waals surface area (Å²) < 4.78 is 0. The number of nitrogens with one attached hydrogen (secondary N) is 2. The van der Waals surface area contributed by atoms with Crippen molar-refractivity contribution in [3.05, 3.63) is 35.4 Å². The van der Waals surface area contributed by atoms with Crippen molar-refractivity contribution in [3.63, 3.8) is 0 Å². The second kappa shape index (κ2) is 13.5. The molecular weight excluding hydrogens is 411 g/mol. The van der Waals surface area contributed by atoms with Gasteiger partial charge in [0.15, 0.2) is 5.96 Å². The maximum absolute atomic E-state index is 4.28. The molecule has 0 aliphatic heterocycles. The van der Waals surface area contributed by atoms with E-state index >= 15 is 0 Å². The topological polar surface area (TPSA) is 39.7 Å². The molecule has 0 fully saturated rings. The molecule has 1 aromatic carbocycles. The molecule has 0 bridgehead atoms. The van der Waals surface area contributed by atoms with Crippen LogP contribution in [-0.2, 0) is 13.1 Å². The van der Waals surface area contributed by atoms with Gasteiger partial charge in [-0.25, -0.2) is 0 Å². The van der Waals surface area contributed by atoms with E-state index in [0.717, 1.165) is 45.1 Å². The predicted octanol–water partition coefficient (Wildman–Crippen LogP) is 3.86. The van der Waals surface area contributed by atoms with Crippen molar-refractivity contribution in [2.45, 2.75) is 47.2 Å². The van der Waals surface area contributed by atoms with Crippen molar-refractivity contribution in [1.29, 1.82) is 0 Å². The highest BCUT2D eigenvalue weighted by atomic mass is 127. The van der Waals surface area contributed by atoms with E-state index in [1.165, 1.54) is 11.1 Å². The molecule has 138 valence electrons. The lowest BCUT2D eigenvalue weighted by Crippen LogP contribution is -2.37. The second-order valence-corrected chi connectivity index (χ2v) is 6.32. The monoisotopic (exact) mass is 446 g/mol. The number of benzene rings is 1. The lowest BCUT2D eigenvalue weighted by molar-refractivity contribution is 0.296. The first-order valence-electron chi connectivity index (χ1n) is 8.83. The molecule has 0 aliphatic carbocycles. The number of aliphatic imine (C=N–C) groups is 1. The van der Waals surface area contributed by atoms with Crippen LogP contribution in [0.15, 0.2) is 29.3 Å². The van der Waals surface area contributed by atoms with Crippen LogP contribution in [0.3, 0.4) is 0 Å². The van der Waals surface area contributed by atoms with Crippen molar-refractivity contribution in [3.8, 4) is 0 Å². The minimum atomic E-state index is 0. The first kappa shape index (κ1) is 23.2. The van der Waals surface area contributed by atoms with Crippen molar-refractivity contribution in [2.24, 2.45) is 10.9 Å². The second-order valence-electron chi connectivity index (χ2n) is 6.32. The SMILES string of the molecule is CCN(CC)Cc1cccc(CNC(=NC)NCCC(C)C)c1.I. The van der Waals surface area contributed by atoms with Gasteiger partial charge in [-0.1, -0.05) is 52.0 Å². The van der Waals surface area contributed by atoms with Crippen LogP contribution < -0.4 is 10.6 Å². The molecule has 2 N–H and O–H groups in total. The van der Waals surface area contributed by atoms with Crippen molar-refractivity contribution >= 4 is 29.9 Å². The summed E-state index contributed by atoms with van der Waals surface area (Å²) >= 11 is 0. The van der Waals surface area contributed by atoms with Crippen LogP contribution in [0.4, 0.5) is 0 Å². The summed E-state index contributed by atoms with van der Waals surface area (Å²) in [6.07, 6.45) is 1.15. The van der Waals surface area contributed by atoms with Gasteiger partial charge in [-0.3, -0.25) is 9.89 Å². The third-order valence-corrected chi connectivity index (χ3v) is 3.99. The molecule has 0 aromatic heterocycles. The standard InChI is InChI=1S/C19H34N4.HI/c1-6-23(7-2)15-18-10-8-9-17(13-18)14-22-19(20-5)21-12-11-16(3)4;/h8-10,13,16H,6-7,11-12,14-15H2,1-5H3,(H2,20,21,22);1H. The van der Waals surface area contributed by atoms with Gasteiger partial charge in [0, 0.05) is 26.7 Å². The van der Waals surface area contributed by atoms with Crippen LogP contribution in [-0.4, -0.2) is 37.5 Å². The van der Waals surface area contributed by atoms with E-state index in [1.54, 1.807) is 0 Å². The molecule has 4 nitrogen and oxygen atoms in total. The summed E-state index contributed by atoms with van der Waals surface area (Å²) in [6.45, 7) is 13.8. The highest BCUT2D eigenvalue weighted by Crippen LogP contribution is 2.08. The minimum Gasteiger partial charge on any atom is -0.356 e. The van der Waals surface area contributed by atoms with Crippen LogP contribution in [0, 0.1) is 5.92 Å². The fraction of sp³-hybridized carbons (Fsp3) is 0.632. The van der Waals surface area contributed by atoms with E-state index < -0.39 is 0 Å². The number of rotatable bonds is 9. The van der Waals surface area contributed by atoms with Crippen molar-refractivity contribution < 1.29 is 0 Å². The quantitative estimate of drug-likeness (QED) is 0.344. The fourth-order valence-corrected chi connectivity index (χ4v) is 2.43. The van der Waals surface area contributed by atoms with Crippen LogP contribution in [0.2, 0.25) is 0 Å². The Bertz CT molecular complexity index is 470. The zero-order chi connectivity index (χ0) is 17.1. The molecule has 0 amide bonds. The maximum Gasteiger partial charge on any atom is 0.191 e. The Kier molecular flexibility index (Phi) is 13.0. The Morgan fingerprint density at radius 3 is 2.38 bits per heavy atom. The van der Waals surface area contributed by atoms with Gasteiger partial charge in [-0.05, 0) is 36.6 Å². The van der Waals surface area contributed by atoms with Gasteiger partial charge in [-0.2, -0.15) is 0 Å². The van der Waals surface area contributed by atoms with E-state index in [4.69, 9.17) is 0 Å². The third kappa shape index (κ3) is 9.47. The Morgan fingerprint density at radius 1 is 1.12 bits per heavy atom. The maximum atomic E-state index is 4.28. The number of hydrogen-bond donors (Lipinski definition) is 2. The van der Waals surface area contributed by atoms with E-state index in [-0.39, 0.29) is 24.0 Å². The molecule has 1 aromatic rings.